The number of nitrogens with two attached hydrogens (primary N) is 1. The number of hydrogen-bond donors (Lipinski definition) is 2. The summed E-state index contributed by atoms with van der Waals surface area (Å²) in [4.78, 5) is 27.9. The van der Waals surface area contributed by atoms with E-state index < -0.39 is 5.92 Å². The van der Waals surface area contributed by atoms with E-state index in [-0.39, 0.29) is 34.3 Å². The minimum Gasteiger partial charge on any atom is -0.497 e. The van der Waals surface area contributed by atoms with Gasteiger partial charge >= 0.3 is 0 Å². The largest absolute Gasteiger partial charge is 0.497 e. The number of hydrogen-bond acceptors (Lipinski definition) is 10. The minimum absolute atomic E-state index is 0.0409. The van der Waals surface area contributed by atoms with E-state index in [1.807, 2.05) is 19.9 Å². The Hall–Kier alpha value is -3.85. The predicted molar refractivity (Wildman–Crippen MR) is 161 cm³/mol. The maximum Gasteiger partial charge on any atom is 0.234 e. The fourth-order valence-electron chi connectivity index (χ4n) is 5.10. The molecule has 0 saturated carbocycles. The van der Waals surface area contributed by atoms with E-state index in [1.165, 1.54) is 23.1 Å². The molecule has 1 unspecified atom stereocenters. The SMILES string of the molecule is COc1ccc(NC(=O)CSc2nnc(N3C(N)=C(C#N)C(c4cccc(Cl)c4)C4=C3CC(C)(C)CC4=O)s2)cc1. The molecule has 0 bridgehead atoms. The number of thioether (sulfide) groups is 1. The highest BCUT2D eigenvalue weighted by atomic mass is 35.5. The van der Waals surface area contributed by atoms with Crippen LogP contribution in [0.3, 0.4) is 0 Å². The van der Waals surface area contributed by atoms with E-state index >= 15 is 0 Å². The minimum atomic E-state index is -0.628. The molecule has 1 amide bonds. The Bertz CT molecular complexity index is 1620. The second kappa shape index (κ2) is 11.6. The second-order valence-corrected chi connectivity index (χ2v) is 13.1. The molecule has 1 aliphatic heterocycles. The van der Waals surface area contributed by atoms with Crippen molar-refractivity contribution in [2.75, 3.05) is 23.1 Å². The summed E-state index contributed by atoms with van der Waals surface area (Å²) in [6.45, 7) is 4.06. The van der Waals surface area contributed by atoms with Gasteiger partial charge in [0.15, 0.2) is 10.1 Å². The van der Waals surface area contributed by atoms with Gasteiger partial charge < -0.3 is 15.8 Å². The number of anilines is 2. The monoisotopic (exact) mass is 606 g/mol. The summed E-state index contributed by atoms with van der Waals surface area (Å²) in [6, 6.07) is 16.5. The van der Waals surface area contributed by atoms with E-state index in [0.29, 0.717) is 50.0 Å². The maximum atomic E-state index is 13.6. The Morgan fingerprint density at radius 3 is 2.71 bits per heavy atom. The number of amides is 1. The van der Waals surface area contributed by atoms with Gasteiger partial charge in [-0.2, -0.15) is 5.26 Å². The lowest BCUT2D eigenvalue weighted by Gasteiger charge is -2.42. The number of halogens is 1. The molecular formula is C29H27ClN6O3S2. The zero-order chi connectivity index (χ0) is 29.3. The quantitative estimate of drug-likeness (QED) is 0.316. The van der Waals surface area contributed by atoms with E-state index in [1.54, 1.807) is 54.5 Å². The topological polar surface area (TPSA) is 134 Å². The number of nitriles is 1. The average molecular weight is 607 g/mol. The van der Waals surface area contributed by atoms with E-state index in [9.17, 15) is 14.9 Å². The third kappa shape index (κ3) is 5.95. The van der Waals surface area contributed by atoms with Crippen molar-refractivity contribution in [2.45, 2.75) is 36.9 Å². The lowest BCUT2D eigenvalue weighted by Crippen LogP contribution is -2.42. The molecule has 0 spiro atoms. The third-order valence-corrected chi connectivity index (χ3v) is 9.13. The first-order valence-corrected chi connectivity index (χ1v) is 14.9. The van der Waals surface area contributed by atoms with Crippen molar-refractivity contribution in [3.05, 3.63) is 81.8 Å². The van der Waals surface area contributed by atoms with Gasteiger partial charge in [-0.25, -0.2) is 0 Å². The Balaban J connectivity index is 1.44. The number of nitrogens with one attached hydrogen (secondary N) is 1. The summed E-state index contributed by atoms with van der Waals surface area (Å²) in [5.41, 5.74) is 9.23. The van der Waals surface area contributed by atoms with Crippen LogP contribution in [-0.4, -0.2) is 34.8 Å². The molecular weight excluding hydrogens is 580 g/mol. The van der Waals surface area contributed by atoms with Gasteiger partial charge in [0.1, 0.15) is 11.6 Å². The first kappa shape index (κ1) is 28.7. The molecule has 1 atom stereocenters. The molecule has 0 fully saturated rings. The van der Waals surface area contributed by atoms with E-state index in [4.69, 9.17) is 22.1 Å². The van der Waals surface area contributed by atoms with Gasteiger partial charge in [0.05, 0.1) is 30.4 Å². The van der Waals surface area contributed by atoms with Gasteiger partial charge in [-0.3, -0.25) is 14.5 Å². The standard InChI is InChI=1S/C29H27ClN6O3S2/c1-29(2)12-21-25(22(37)13-29)24(16-5-4-6-17(30)11-16)20(14-31)26(32)36(21)27-34-35-28(41-27)40-15-23(38)33-18-7-9-19(39-3)10-8-18/h4-11,24H,12-13,15,32H2,1-3H3,(H,33,38). The van der Waals surface area contributed by atoms with Crippen LogP contribution in [0.2, 0.25) is 5.02 Å². The van der Waals surface area contributed by atoms with Crippen molar-refractivity contribution in [2.24, 2.45) is 11.1 Å². The molecule has 9 nitrogen and oxygen atoms in total. The number of carbonyl (C=O) groups is 2. The van der Waals surface area contributed by atoms with Crippen LogP contribution < -0.4 is 20.7 Å². The molecule has 1 aromatic heterocycles. The number of carbonyl (C=O) groups excluding carboxylic acids is 2. The molecule has 2 aromatic carbocycles. The third-order valence-electron chi connectivity index (χ3n) is 6.85. The van der Waals surface area contributed by atoms with Crippen LogP contribution in [0.1, 0.15) is 38.2 Å². The zero-order valence-electron chi connectivity index (χ0n) is 22.6. The van der Waals surface area contributed by atoms with Gasteiger partial charge in [-0.1, -0.05) is 60.7 Å². The number of rotatable bonds is 7. The van der Waals surface area contributed by atoms with Crippen molar-refractivity contribution < 1.29 is 14.3 Å². The molecule has 5 rings (SSSR count). The Morgan fingerprint density at radius 1 is 1.27 bits per heavy atom. The fraction of sp³-hybridized carbons (Fsp3) is 0.276. The van der Waals surface area contributed by atoms with Gasteiger partial charge in [0.2, 0.25) is 11.0 Å². The van der Waals surface area contributed by atoms with Crippen LogP contribution in [0.25, 0.3) is 0 Å². The molecule has 210 valence electrons. The second-order valence-electron chi connectivity index (χ2n) is 10.5. The van der Waals surface area contributed by atoms with Gasteiger partial charge in [0.25, 0.3) is 0 Å². The van der Waals surface area contributed by atoms with Crippen molar-refractivity contribution >= 4 is 57.2 Å². The first-order chi connectivity index (χ1) is 19.6. The first-order valence-electron chi connectivity index (χ1n) is 12.7. The molecule has 3 aromatic rings. The Morgan fingerprint density at radius 2 is 2.02 bits per heavy atom. The molecule has 3 N–H and O–H groups in total. The number of aromatic nitrogens is 2. The Kier molecular flexibility index (Phi) is 8.09. The predicted octanol–water partition coefficient (Wildman–Crippen LogP) is 5.87. The smallest absolute Gasteiger partial charge is 0.234 e. The molecule has 1 aliphatic carbocycles. The molecule has 2 heterocycles. The summed E-state index contributed by atoms with van der Waals surface area (Å²) in [5.74, 6) is 0.148. The van der Waals surface area contributed by atoms with Gasteiger partial charge in [-0.15, -0.1) is 10.2 Å². The van der Waals surface area contributed by atoms with Gasteiger partial charge in [0, 0.05) is 28.4 Å². The summed E-state index contributed by atoms with van der Waals surface area (Å²) in [7, 11) is 1.58. The highest BCUT2D eigenvalue weighted by Gasteiger charge is 2.45. The summed E-state index contributed by atoms with van der Waals surface area (Å²) < 4.78 is 5.70. The van der Waals surface area contributed by atoms with Crippen LogP contribution in [0, 0.1) is 16.7 Å². The maximum absolute atomic E-state index is 13.6. The Labute approximate surface area is 251 Å². The van der Waals surface area contributed by atoms with Crippen LogP contribution in [-0.2, 0) is 9.59 Å². The number of ether oxygens (including phenoxy) is 1. The normalized spacial score (nSPS) is 18.2. The van der Waals surface area contributed by atoms with Crippen molar-refractivity contribution in [1.29, 1.82) is 5.26 Å². The molecule has 41 heavy (non-hydrogen) atoms. The summed E-state index contributed by atoms with van der Waals surface area (Å²) in [6.07, 6.45) is 0.896. The van der Waals surface area contributed by atoms with Crippen molar-refractivity contribution in [1.82, 2.24) is 10.2 Å². The van der Waals surface area contributed by atoms with Crippen LogP contribution >= 0.6 is 34.7 Å². The number of nitrogens with zero attached hydrogens (tertiary/aromatic N) is 4. The van der Waals surface area contributed by atoms with Crippen molar-refractivity contribution in [3.8, 4) is 11.8 Å². The fourth-order valence-corrected chi connectivity index (χ4v) is 6.98. The lowest BCUT2D eigenvalue weighted by atomic mass is 9.69. The summed E-state index contributed by atoms with van der Waals surface area (Å²) in [5, 5.41) is 22.6. The van der Waals surface area contributed by atoms with Gasteiger partial charge in [-0.05, 0) is 53.8 Å². The zero-order valence-corrected chi connectivity index (χ0v) is 25.0. The van der Waals surface area contributed by atoms with E-state index in [2.05, 4.69) is 21.6 Å². The highest BCUT2D eigenvalue weighted by molar-refractivity contribution is 8.01. The molecule has 12 heteroatoms. The van der Waals surface area contributed by atoms with Crippen LogP contribution in [0.5, 0.6) is 5.75 Å². The number of methoxy groups -OCH3 is 1. The van der Waals surface area contributed by atoms with Crippen molar-refractivity contribution in [3.63, 3.8) is 0 Å². The average Bonchev–Trinajstić information content (AvgIpc) is 3.39. The van der Waals surface area contributed by atoms with E-state index in [0.717, 1.165) is 5.56 Å². The number of allylic oxidation sites excluding steroid dienone is 3. The summed E-state index contributed by atoms with van der Waals surface area (Å²) >= 11 is 8.78. The number of ketones is 1. The molecule has 0 saturated heterocycles. The number of Topliss-reactive ketones (excluding diaryl/α,β-unsaturated/α-hetero) is 1. The number of benzene rings is 2. The lowest BCUT2D eigenvalue weighted by molar-refractivity contribution is -0.118. The highest BCUT2D eigenvalue weighted by Crippen LogP contribution is 2.50. The molecule has 0 radical (unpaired) electrons. The molecule has 2 aliphatic rings. The van der Waals surface area contributed by atoms with Crippen LogP contribution in [0.4, 0.5) is 10.8 Å². The van der Waals surface area contributed by atoms with Crippen LogP contribution in [0.15, 0.2) is 75.5 Å².